The van der Waals surface area contributed by atoms with E-state index in [-0.39, 0.29) is 24.0 Å². The second-order valence-corrected chi connectivity index (χ2v) is 6.24. The second-order valence-electron chi connectivity index (χ2n) is 6.24. The first kappa shape index (κ1) is 17.0. The topological polar surface area (TPSA) is 75.6 Å². The first-order valence-electron chi connectivity index (χ1n) is 8.45. The highest BCUT2D eigenvalue weighted by Crippen LogP contribution is 2.27. The molecule has 1 aliphatic rings. The van der Waals surface area contributed by atoms with Gasteiger partial charge in [0.1, 0.15) is 5.75 Å². The predicted octanol–water partition coefficient (Wildman–Crippen LogP) is 3.18. The number of hydrogen-bond acceptors (Lipinski definition) is 3. The number of hydrogen-bond donors (Lipinski definition) is 2. The molecule has 0 spiro atoms. The third-order valence-corrected chi connectivity index (χ3v) is 4.33. The monoisotopic (exact) mass is 339 g/mol. The lowest BCUT2D eigenvalue weighted by Crippen LogP contribution is -2.27. The molecular weight excluding hydrogens is 318 g/mol. The van der Waals surface area contributed by atoms with Crippen LogP contribution >= 0.6 is 0 Å². The highest BCUT2D eigenvalue weighted by Gasteiger charge is 2.20. The van der Waals surface area contributed by atoms with Crippen molar-refractivity contribution in [3.05, 3.63) is 65.2 Å². The van der Waals surface area contributed by atoms with Crippen molar-refractivity contribution in [2.45, 2.75) is 38.3 Å². The maximum Gasteiger partial charge on any atom is 0.335 e. The summed E-state index contributed by atoms with van der Waals surface area (Å²) in [7, 11) is 0. The van der Waals surface area contributed by atoms with Gasteiger partial charge in [-0.05, 0) is 43.0 Å². The Labute approximate surface area is 146 Å². The van der Waals surface area contributed by atoms with Crippen LogP contribution in [0.15, 0.2) is 48.5 Å². The summed E-state index contributed by atoms with van der Waals surface area (Å²) >= 11 is 0. The summed E-state index contributed by atoms with van der Waals surface area (Å²) in [6.45, 7) is 0.389. The van der Waals surface area contributed by atoms with Crippen molar-refractivity contribution < 1.29 is 19.4 Å². The van der Waals surface area contributed by atoms with E-state index in [1.54, 1.807) is 12.1 Å². The molecule has 0 aliphatic heterocycles. The smallest absolute Gasteiger partial charge is 0.335 e. The molecule has 1 saturated carbocycles. The van der Waals surface area contributed by atoms with Crippen molar-refractivity contribution in [3.63, 3.8) is 0 Å². The average Bonchev–Trinajstić information content (AvgIpc) is 2.57. The van der Waals surface area contributed by atoms with E-state index in [0.717, 1.165) is 24.2 Å². The van der Waals surface area contributed by atoms with Gasteiger partial charge in [-0.3, -0.25) is 4.79 Å². The van der Waals surface area contributed by atoms with E-state index >= 15 is 0 Å². The number of carbonyl (C=O) groups excluding carboxylic acids is 1. The summed E-state index contributed by atoms with van der Waals surface area (Å²) in [5.41, 5.74) is 1.81. The van der Waals surface area contributed by atoms with Gasteiger partial charge in [0.2, 0.25) is 5.91 Å². The summed E-state index contributed by atoms with van der Waals surface area (Å²) in [6, 6.07) is 14.2. The number of aromatic carboxylic acids is 1. The number of para-hydroxylation sites is 1. The maximum atomic E-state index is 12.2. The number of carboxylic acids is 1. The normalized spacial score (nSPS) is 13.8. The first-order valence-corrected chi connectivity index (χ1v) is 8.45. The molecule has 2 aromatic rings. The van der Waals surface area contributed by atoms with Crippen LogP contribution in [0, 0.1) is 0 Å². The largest absolute Gasteiger partial charge is 0.490 e. The van der Waals surface area contributed by atoms with Crippen LogP contribution in [0.1, 0.15) is 40.7 Å². The Morgan fingerprint density at radius 3 is 2.64 bits per heavy atom. The van der Waals surface area contributed by atoms with Gasteiger partial charge in [0.15, 0.2) is 0 Å². The molecule has 130 valence electrons. The van der Waals surface area contributed by atoms with Crippen LogP contribution in [0.4, 0.5) is 0 Å². The summed E-state index contributed by atoms with van der Waals surface area (Å²) in [6.07, 6.45) is 3.81. The van der Waals surface area contributed by atoms with Crippen molar-refractivity contribution >= 4 is 11.9 Å². The van der Waals surface area contributed by atoms with Crippen LogP contribution in [0.25, 0.3) is 0 Å². The molecule has 0 saturated heterocycles. The van der Waals surface area contributed by atoms with Gasteiger partial charge in [-0.15, -0.1) is 0 Å². The van der Waals surface area contributed by atoms with Gasteiger partial charge >= 0.3 is 5.97 Å². The highest BCUT2D eigenvalue weighted by atomic mass is 16.5. The summed E-state index contributed by atoms with van der Waals surface area (Å²) < 4.78 is 5.96. The zero-order valence-electron chi connectivity index (χ0n) is 13.9. The minimum atomic E-state index is -0.996. The third kappa shape index (κ3) is 4.59. The number of rotatable bonds is 7. The Morgan fingerprint density at radius 2 is 1.92 bits per heavy atom. The molecule has 5 nitrogen and oxygen atoms in total. The molecule has 3 rings (SSSR count). The van der Waals surface area contributed by atoms with E-state index in [0.29, 0.717) is 12.1 Å². The Morgan fingerprint density at radius 1 is 1.12 bits per heavy atom. The molecule has 25 heavy (non-hydrogen) atoms. The number of carbonyl (C=O) groups is 2. The summed E-state index contributed by atoms with van der Waals surface area (Å²) in [5.74, 6) is -0.328. The molecule has 1 fully saturated rings. The van der Waals surface area contributed by atoms with Crippen LogP contribution in [0.3, 0.4) is 0 Å². The molecular formula is C20H21NO4. The van der Waals surface area contributed by atoms with Crippen LogP contribution in [-0.4, -0.2) is 23.1 Å². The molecule has 0 bridgehead atoms. The quantitative estimate of drug-likeness (QED) is 0.812. The minimum Gasteiger partial charge on any atom is -0.490 e. The van der Waals surface area contributed by atoms with E-state index < -0.39 is 5.97 Å². The van der Waals surface area contributed by atoms with E-state index in [9.17, 15) is 9.59 Å². The van der Waals surface area contributed by atoms with Crippen LogP contribution in [0.5, 0.6) is 5.75 Å². The van der Waals surface area contributed by atoms with Gasteiger partial charge in [-0.25, -0.2) is 4.79 Å². The van der Waals surface area contributed by atoms with E-state index in [4.69, 9.17) is 9.84 Å². The maximum absolute atomic E-state index is 12.2. The molecule has 0 heterocycles. The highest BCUT2D eigenvalue weighted by molar-refractivity contribution is 5.88. The van der Waals surface area contributed by atoms with Gasteiger partial charge < -0.3 is 15.2 Å². The fourth-order valence-corrected chi connectivity index (χ4v) is 2.69. The average molecular weight is 339 g/mol. The van der Waals surface area contributed by atoms with E-state index in [1.807, 2.05) is 24.3 Å². The van der Waals surface area contributed by atoms with E-state index in [2.05, 4.69) is 5.32 Å². The molecule has 2 N–H and O–H groups in total. The van der Waals surface area contributed by atoms with Crippen LogP contribution in [0.2, 0.25) is 0 Å². The third-order valence-electron chi connectivity index (χ3n) is 4.33. The summed E-state index contributed by atoms with van der Waals surface area (Å²) in [5, 5.41) is 11.9. The van der Waals surface area contributed by atoms with Crippen LogP contribution in [-0.2, 0) is 17.8 Å². The molecule has 5 heteroatoms. The number of amides is 1. The minimum absolute atomic E-state index is 0.146. The summed E-state index contributed by atoms with van der Waals surface area (Å²) in [4.78, 5) is 23.2. The predicted molar refractivity (Wildman–Crippen MR) is 93.7 cm³/mol. The zero-order valence-corrected chi connectivity index (χ0v) is 13.9. The van der Waals surface area contributed by atoms with Crippen molar-refractivity contribution in [1.29, 1.82) is 0 Å². The fourth-order valence-electron chi connectivity index (χ4n) is 2.69. The Balaban J connectivity index is 1.57. The Hall–Kier alpha value is -2.82. The molecule has 2 aromatic carbocycles. The second kappa shape index (κ2) is 7.83. The molecule has 0 radical (unpaired) electrons. The van der Waals surface area contributed by atoms with Crippen molar-refractivity contribution in [3.8, 4) is 5.75 Å². The van der Waals surface area contributed by atoms with Gasteiger partial charge in [0.25, 0.3) is 0 Å². The number of nitrogens with one attached hydrogen (secondary N) is 1. The van der Waals surface area contributed by atoms with Crippen LogP contribution < -0.4 is 10.1 Å². The Kier molecular flexibility index (Phi) is 5.33. The fraction of sp³-hybridized carbons (Fsp3) is 0.300. The SMILES string of the molecule is O=C(Cc1cccc(C(=O)O)c1)NCc1ccccc1OC1CCC1. The first-order chi connectivity index (χ1) is 12.1. The molecule has 0 atom stereocenters. The standard InChI is InChI=1S/C20H21NO4/c22-19(12-14-5-3-7-15(11-14)20(23)24)21-13-16-6-1-2-10-18(16)25-17-8-4-9-17/h1-3,5-7,10-11,17H,4,8-9,12-13H2,(H,21,22)(H,23,24). The van der Waals surface area contributed by atoms with Gasteiger partial charge in [0.05, 0.1) is 18.1 Å². The number of benzene rings is 2. The lowest BCUT2D eigenvalue weighted by molar-refractivity contribution is -0.120. The van der Waals surface area contributed by atoms with Gasteiger partial charge in [-0.1, -0.05) is 30.3 Å². The lowest BCUT2D eigenvalue weighted by atomic mass is 9.96. The Bertz CT molecular complexity index is 768. The van der Waals surface area contributed by atoms with Gasteiger partial charge in [0, 0.05) is 12.1 Å². The van der Waals surface area contributed by atoms with Crippen molar-refractivity contribution in [1.82, 2.24) is 5.32 Å². The van der Waals surface area contributed by atoms with E-state index in [1.165, 1.54) is 18.6 Å². The lowest BCUT2D eigenvalue weighted by Gasteiger charge is -2.27. The number of carboxylic acid groups (broad SMARTS) is 1. The van der Waals surface area contributed by atoms with Crippen molar-refractivity contribution in [2.24, 2.45) is 0 Å². The molecule has 0 unspecified atom stereocenters. The molecule has 0 aromatic heterocycles. The number of ether oxygens (including phenoxy) is 1. The van der Waals surface area contributed by atoms with Gasteiger partial charge in [-0.2, -0.15) is 0 Å². The van der Waals surface area contributed by atoms with Crippen molar-refractivity contribution in [2.75, 3.05) is 0 Å². The zero-order chi connectivity index (χ0) is 17.6. The molecule has 1 amide bonds. The molecule has 1 aliphatic carbocycles.